The molecular weight excluding hydrogens is 394 g/mol. The largest absolute Gasteiger partial charge is 0.338 e. The first-order chi connectivity index (χ1) is 13.5. The van der Waals surface area contributed by atoms with Gasteiger partial charge in [0.2, 0.25) is 0 Å². The molecule has 0 spiro atoms. The van der Waals surface area contributed by atoms with Gasteiger partial charge in [0, 0.05) is 36.1 Å². The van der Waals surface area contributed by atoms with E-state index in [1.54, 1.807) is 17.5 Å². The van der Waals surface area contributed by atoms with Crippen molar-refractivity contribution < 1.29 is 13.2 Å². The maximum atomic E-state index is 12.8. The minimum absolute atomic E-state index is 0.0738. The molecule has 3 aromatic rings. The fourth-order valence-electron chi connectivity index (χ4n) is 3.35. The van der Waals surface area contributed by atoms with E-state index in [0.29, 0.717) is 29.7 Å². The molecule has 1 N–H and O–H groups in total. The van der Waals surface area contributed by atoms with E-state index in [1.807, 2.05) is 23.1 Å². The van der Waals surface area contributed by atoms with E-state index in [1.165, 1.54) is 35.2 Å². The maximum absolute atomic E-state index is 12.8. The molecule has 1 amide bonds. The number of rotatable bonds is 5. The van der Waals surface area contributed by atoms with Gasteiger partial charge in [0.15, 0.2) is 5.13 Å². The Morgan fingerprint density at radius 1 is 1.11 bits per heavy atom. The summed E-state index contributed by atoms with van der Waals surface area (Å²) in [5, 5.41) is 2.00. The first-order valence-electron chi connectivity index (χ1n) is 8.89. The third-order valence-electron chi connectivity index (χ3n) is 4.81. The Kier molecular flexibility index (Phi) is 5.15. The Hall–Kier alpha value is -2.71. The lowest BCUT2D eigenvalue weighted by Gasteiger charge is -2.17. The monoisotopic (exact) mass is 413 g/mol. The van der Waals surface area contributed by atoms with Crippen LogP contribution < -0.4 is 4.72 Å². The summed E-state index contributed by atoms with van der Waals surface area (Å²) < 4.78 is 27.2. The zero-order valence-electron chi connectivity index (χ0n) is 15.0. The molecular formula is C20H19N3O3S2. The van der Waals surface area contributed by atoms with E-state index in [-0.39, 0.29) is 10.8 Å². The number of aromatic nitrogens is 1. The number of amides is 1. The standard InChI is InChI=1S/C20H19N3O3S2/c24-19(23-12-10-17(14-23)15-4-2-1-3-5-15)16-6-8-18(9-7-16)28(25,26)22-20-21-11-13-27-20/h1-9,11,13,17H,10,12,14H2,(H,21,22). The summed E-state index contributed by atoms with van der Waals surface area (Å²) in [5.74, 6) is 0.266. The number of hydrogen-bond donors (Lipinski definition) is 1. The Morgan fingerprint density at radius 2 is 1.86 bits per heavy atom. The molecule has 0 aliphatic carbocycles. The topological polar surface area (TPSA) is 79.4 Å². The summed E-state index contributed by atoms with van der Waals surface area (Å²) in [6.45, 7) is 1.37. The number of nitrogens with one attached hydrogen (secondary N) is 1. The molecule has 6 nitrogen and oxygen atoms in total. The van der Waals surface area contributed by atoms with Gasteiger partial charge in [0.05, 0.1) is 4.90 Å². The number of thiazole rings is 1. The SMILES string of the molecule is O=C(c1ccc(S(=O)(=O)Nc2nccs2)cc1)N1CCC(c2ccccc2)C1. The zero-order chi connectivity index (χ0) is 19.6. The summed E-state index contributed by atoms with van der Waals surface area (Å²) in [7, 11) is -3.72. The zero-order valence-corrected chi connectivity index (χ0v) is 16.6. The molecule has 1 fully saturated rings. The minimum atomic E-state index is -3.72. The van der Waals surface area contributed by atoms with Crippen molar-refractivity contribution in [3.05, 3.63) is 77.3 Å². The van der Waals surface area contributed by atoms with Gasteiger partial charge in [-0.15, -0.1) is 11.3 Å². The number of carbonyl (C=O) groups is 1. The highest BCUT2D eigenvalue weighted by atomic mass is 32.2. The average Bonchev–Trinajstić information content (AvgIpc) is 3.40. The Morgan fingerprint density at radius 3 is 2.54 bits per heavy atom. The van der Waals surface area contributed by atoms with Crippen molar-refractivity contribution in [3.8, 4) is 0 Å². The van der Waals surface area contributed by atoms with Crippen LogP contribution in [0.25, 0.3) is 0 Å². The lowest BCUT2D eigenvalue weighted by Crippen LogP contribution is -2.28. The fourth-order valence-corrected chi connectivity index (χ4v) is 5.14. The molecule has 2 aromatic carbocycles. The van der Waals surface area contributed by atoms with Crippen LogP contribution in [0.5, 0.6) is 0 Å². The first-order valence-corrected chi connectivity index (χ1v) is 11.3. The molecule has 4 rings (SSSR count). The van der Waals surface area contributed by atoms with E-state index in [0.717, 1.165) is 6.42 Å². The van der Waals surface area contributed by atoms with Crippen LogP contribution in [-0.4, -0.2) is 37.3 Å². The van der Waals surface area contributed by atoms with Crippen LogP contribution in [0, 0.1) is 0 Å². The fraction of sp³-hybridized carbons (Fsp3) is 0.200. The van der Waals surface area contributed by atoms with Gasteiger partial charge < -0.3 is 4.90 Å². The quantitative estimate of drug-likeness (QED) is 0.693. The van der Waals surface area contributed by atoms with Gasteiger partial charge in [0.1, 0.15) is 0 Å². The second-order valence-electron chi connectivity index (χ2n) is 6.61. The van der Waals surface area contributed by atoms with E-state index in [2.05, 4.69) is 21.8 Å². The van der Waals surface area contributed by atoms with Crippen molar-refractivity contribution in [2.75, 3.05) is 17.8 Å². The second-order valence-corrected chi connectivity index (χ2v) is 9.19. The summed E-state index contributed by atoms with van der Waals surface area (Å²) in [6, 6.07) is 16.2. The van der Waals surface area contributed by atoms with Crippen molar-refractivity contribution in [1.29, 1.82) is 0 Å². The maximum Gasteiger partial charge on any atom is 0.263 e. The number of carbonyl (C=O) groups excluding carboxylic acids is 1. The van der Waals surface area contributed by atoms with Gasteiger partial charge in [-0.3, -0.25) is 9.52 Å². The van der Waals surface area contributed by atoms with Gasteiger partial charge in [-0.1, -0.05) is 30.3 Å². The molecule has 0 bridgehead atoms. The predicted octanol–water partition coefficient (Wildman–Crippen LogP) is 3.57. The molecule has 144 valence electrons. The summed E-state index contributed by atoms with van der Waals surface area (Å²) in [5.41, 5.74) is 1.73. The molecule has 8 heteroatoms. The lowest BCUT2D eigenvalue weighted by molar-refractivity contribution is 0.0790. The molecule has 1 aromatic heterocycles. The number of hydrogen-bond acceptors (Lipinski definition) is 5. The van der Waals surface area contributed by atoms with E-state index in [9.17, 15) is 13.2 Å². The Bertz CT molecular complexity index is 1050. The average molecular weight is 414 g/mol. The van der Waals surface area contributed by atoms with Gasteiger partial charge >= 0.3 is 0 Å². The van der Waals surface area contributed by atoms with Crippen molar-refractivity contribution in [1.82, 2.24) is 9.88 Å². The van der Waals surface area contributed by atoms with E-state index < -0.39 is 10.0 Å². The molecule has 1 unspecified atom stereocenters. The molecule has 1 saturated heterocycles. The van der Waals surface area contributed by atoms with E-state index in [4.69, 9.17) is 0 Å². The minimum Gasteiger partial charge on any atom is -0.338 e. The highest BCUT2D eigenvalue weighted by Gasteiger charge is 2.28. The highest BCUT2D eigenvalue weighted by Crippen LogP contribution is 2.28. The highest BCUT2D eigenvalue weighted by molar-refractivity contribution is 7.93. The van der Waals surface area contributed by atoms with E-state index >= 15 is 0 Å². The molecule has 1 atom stereocenters. The lowest BCUT2D eigenvalue weighted by atomic mass is 9.99. The third kappa shape index (κ3) is 3.93. The van der Waals surface area contributed by atoms with Crippen molar-refractivity contribution in [2.24, 2.45) is 0 Å². The van der Waals surface area contributed by atoms with Crippen LogP contribution >= 0.6 is 11.3 Å². The van der Waals surface area contributed by atoms with Crippen molar-refractivity contribution in [2.45, 2.75) is 17.2 Å². The van der Waals surface area contributed by atoms with Crippen molar-refractivity contribution in [3.63, 3.8) is 0 Å². The number of likely N-dealkylation sites (tertiary alicyclic amines) is 1. The van der Waals surface area contributed by atoms with Crippen molar-refractivity contribution >= 4 is 32.4 Å². The number of benzene rings is 2. The van der Waals surface area contributed by atoms with Gasteiger partial charge in [0.25, 0.3) is 15.9 Å². The number of anilines is 1. The Labute approximate surface area is 167 Å². The van der Waals surface area contributed by atoms with Crippen LogP contribution in [0.3, 0.4) is 0 Å². The predicted molar refractivity (Wildman–Crippen MR) is 109 cm³/mol. The van der Waals surface area contributed by atoms with Crippen LogP contribution in [0.2, 0.25) is 0 Å². The van der Waals surface area contributed by atoms with Gasteiger partial charge in [-0.25, -0.2) is 13.4 Å². The third-order valence-corrected chi connectivity index (χ3v) is 6.98. The molecule has 2 heterocycles. The van der Waals surface area contributed by atoms with Crippen LogP contribution in [0.15, 0.2) is 71.1 Å². The summed E-state index contributed by atoms with van der Waals surface area (Å²) in [6.07, 6.45) is 2.46. The number of nitrogens with zero attached hydrogens (tertiary/aromatic N) is 2. The molecule has 28 heavy (non-hydrogen) atoms. The summed E-state index contributed by atoms with van der Waals surface area (Å²) >= 11 is 1.21. The smallest absolute Gasteiger partial charge is 0.263 e. The summed E-state index contributed by atoms with van der Waals surface area (Å²) in [4.78, 5) is 18.6. The molecule has 0 radical (unpaired) electrons. The van der Waals surface area contributed by atoms with Crippen LogP contribution in [0.4, 0.5) is 5.13 Å². The number of sulfonamides is 1. The van der Waals surface area contributed by atoms with Crippen LogP contribution in [-0.2, 0) is 10.0 Å². The van der Waals surface area contributed by atoms with Crippen LogP contribution in [0.1, 0.15) is 28.3 Å². The van der Waals surface area contributed by atoms with Gasteiger partial charge in [-0.2, -0.15) is 0 Å². The first kappa shape index (κ1) is 18.6. The second kappa shape index (κ2) is 7.73. The van der Waals surface area contributed by atoms with Gasteiger partial charge in [-0.05, 0) is 36.2 Å². The molecule has 1 aliphatic rings. The normalized spacial score (nSPS) is 16.9. The molecule has 0 saturated carbocycles. The Balaban J connectivity index is 1.44. The molecule has 1 aliphatic heterocycles.